The van der Waals surface area contributed by atoms with Gasteiger partial charge in [0.1, 0.15) is 0 Å². The highest BCUT2D eigenvalue weighted by Gasteiger charge is 2.37. The summed E-state index contributed by atoms with van der Waals surface area (Å²) in [5.41, 5.74) is 0.935. The standard InChI is InChI=1S/C13H25NOS/c1-12(2)3-6-14(9-12)10-13(11-16)4-7-15-8-5-13/h16H,3-11H2,1-2H3. The van der Waals surface area contributed by atoms with E-state index in [2.05, 4.69) is 31.4 Å². The summed E-state index contributed by atoms with van der Waals surface area (Å²) in [6.07, 6.45) is 3.72. The molecule has 0 aromatic carbocycles. The lowest BCUT2D eigenvalue weighted by Crippen LogP contribution is -2.42. The largest absolute Gasteiger partial charge is 0.381 e. The molecule has 0 aliphatic carbocycles. The Hall–Kier alpha value is 0.270. The maximum atomic E-state index is 5.48. The van der Waals surface area contributed by atoms with Gasteiger partial charge in [0, 0.05) is 26.3 Å². The van der Waals surface area contributed by atoms with Crippen molar-refractivity contribution in [1.29, 1.82) is 0 Å². The molecule has 0 N–H and O–H groups in total. The molecule has 2 aliphatic heterocycles. The van der Waals surface area contributed by atoms with Crippen LogP contribution in [0.2, 0.25) is 0 Å². The highest BCUT2D eigenvalue weighted by atomic mass is 32.1. The van der Waals surface area contributed by atoms with E-state index in [9.17, 15) is 0 Å². The van der Waals surface area contributed by atoms with Gasteiger partial charge in [-0.05, 0) is 42.4 Å². The second kappa shape index (κ2) is 4.87. The summed E-state index contributed by atoms with van der Waals surface area (Å²) in [5, 5.41) is 0. The van der Waals surface area contributed by atoms with Gasteiger partial charge >= 0.3 is 0 Å². The Morgan fingerprint density at radius 1 is 1.19 bits per heavy atom. The van der Waals surface area contributed by atoms with E-state index in [-0.39, 0.29) is 0 Å². The van der Waals surface area contributed by atoms with Crippen molar-refractivity contribution in [2.75, 3.05) is 38.6 Å². The molecule has 2 heterocycles. The maximum Gasteiger partial charge on any atom is 0.0472 e. The predicted molar refractivity (Wildman–Crippen MR) is 71.2 cm³/mol. The monoisotopic (exact) mass is 243 g/mol. The van der Waals surface area contributed by atoms with Gasteiger partial charge in [-0.2, -0.15) is 12.6 Å². The minimum atomic E-state index is 0.418. The van der Waals surface area contributed by atoms with E-state index >= 15 is 0 Å². The Morgan fingerprint density at radius 2 is 1.88 bits per heavy atom. The first kappa shape index (κ1) is 12.7. The van der Waals surface area contributed by atoms with Gasteiger partial charge in [0.2, 0.25) is 0 Å². The molecule has 0 unspecified atom stereocenters. The zero-order valence-electron chi connectivity index (χ0n) is 10.7. The summed E-state index contributed by atoms with van der Waals surface area (Å²) in [7, 11) is 0. The lowest BCUT2D eigenvalue weighted by atomic mass is 9.81. The van der Waals surface area contributed by atoms with Crippen LogP contribution in [0, 0.1) is 10.8 Å². The Balaban J connectivity index is 1.91. The van der Waals surface area contributed by atoms with Gasteiger partial charge in [-0.1, -0.05) is 13.8 Å². The molecule has 0 aromatic rings. The molecular formula is C13H25NOS. The topological polar surface area (TPSA) is 12.5 Å². The Labute approximate surface area is 105 Å². The van der Waals surface area contributed by atoms with Gasteiger partial charge in [-0.3, -0.25) is 0 Å². The van der Waals surface area contributed by atoms with Gasteiger partial charge in [-0.25, -0.2) is 0 Å². The van der Waals surface area contributed by atoms with Crippen molar-refractivity contribution in [3.63, 3.8) is 0 Å². The van der Waals surface area contributed by atoms with Crippen molar-refractivity contribution < 1.29 is 4.74 Å². The van der Waals surface area contributed by atoms with Crippen LogP contribution < -0.4 is 0 Å². The third kappa shape index (κ3) is 2.93. The van der Waals surface area contributed by atoms with Crippen LogP contribution >= 0.6 is 12.6 Å². The van der Waals surface area contributed by atoms with E-state index in [0.717, 1.165) is 19.0 Å². The van der Waals surface area contributed by atoms with E-state index in [1.807, 2.05) is 0 Å². The van der Waals surface area contributed by atoms with Crippen LogP contribution in [-0.2, 0) is 4.74 Å². The molecule has 0 atom stereocenters. The predicted octanol–water partition coefficient (Wildman–Crippen LogP) is 2.44. The van der Waals surface area contributed by atoms with Crippen LogP contribution in [0.4, 0.5) is 0 Å². The van der Waals surface area contributed by atoms with Crippen molar-refractivity contribution in [3.8, 4) is 0 Å². The Kier molecular flexibility index (Phi) is 3.87. The lowest BCUT2D eigenvalue weighted by molar-refractivity contribution is 0.0101. The van der Waals surface area contributed by atoms with Gasteiger partial charge in [0.25, 0.3) is 0 Å². The molecule has 0 radical (unpaired) electrons. The van der Waals surface area contributed by atoms with Crippen molar-refractivity contribution in [2.45, 2.75) is 33.1 Å². The Morgan fingerprint density at radius 3 is 2.38 bits per heavy atom. The van der Waals surface area contributed by atoms with E-state index in [4.69, 9.17) is 4.74 Å². The van der Waals surface area contributed by atoms with Crippen LogP contribution in [-0.4, -0.2) is 43.5 Å². The fourth-order valence-electron chi connectivity index (χ4n) is 3.00. The summed E-state index contributed by atoms with van der Waals surface area (Å²) in [4.78, 5) is 2.64. The quantitative estimate of drug-likeness (QED) is 0.764. The zero-order chi connectivity index (χ0) is 11.6. The molecule has 2 saturated heterocycles. The SMILES string of the molecule is CC1(C)CCN(CC2(CS)CCOCC2)C1. The Bertz CT molecular complexity index is 236. The highest BCUT2D eigenvalue weighted by Crippen LogP contribution is 2.36. The van der Waals surface area contributed by atoms with E-state index in [1.165, 1.54) is 38.9 Å². The second-order valence-corrected chi connectivity index (χ2v) is 6.71. The summed E-state index contributed by atoms with van der Waals surface area (Å²) in [6.45, 7) is 10.4. The number of rotatable bonds is 3. The van der Waals surface area contributed by atoms with Crippen molar-refractivity contribution in [3.05, 3.63) is 0 Å². The maximum absolute atomic E-state index is 5.48. The number of hydrogen-bond acceptors (Lipinski definition) is 3. The number of ether oxygens (including phenoxy) is 1. The molecule has 2 rings (SSSR count). The van der Waals surface area contributed by atoms with Crippen LogP contribution in [0.5, 0.6) is 0 Å². The molecule has 0 spiro atoms. The van der Waals surface area contributed by atoms with Gasteiger partial charge in [-0.15, -0.1) is 0 Å². The summed E-state index contributed by atoms with van der Waals surface area (Å²) in [6, 6.07) is 0. The minimum absolute atomic E-state index is 0.418. The minimum Gasteiger partial charge on any atom is -0.381 e. The summed E-state index contributed by atoms with van der Waals surface area (Å²) in [5.74, 6) is 1.01. The van der Waals surface area contributed by atoms with Crippen LogP contribution in [0.15, 0.2) is 0 Å². The van der Waals surface area contributed by atoms with E-state index < -0.39 is 0 Å². The molecule has 16 heavy (non-hydrogen) atoms. The van der Waals surface area contributed by atoms with Crippen molar-refractivity contribution >= 4 is 12.6 Å². The molecule has 0 aromatic heterocycles. The van der Waals surface area contributed by atoms with Gasteiger partial charge in [0.15, 0.2) is 0 Å². The molecule has 0 bridgehead atoms. The number of thiol groups is 1. The summed E-state index contributed by atoms with van der Waals surface area (Å²) < 4.78 is 5.48. The average Bonchev–Trinajstić information content (AvgIpc) is 2.59. The fourth-order valence-corrected chi connectivity index (χ4v) is 3.42. The molecule has 2 nitrogen and oxygen atoms in total. The molecule has 2 fully saturated rings. The van der Waals surface area contributed by atoms with Gasteiger partial charge in [0.05, 0.1) is 0 Å². The normalized spacial score (nSPS) is 29.4. The van der Waals surface area contributed by atoms with Crippen LogP contribution in [0.3, 0.4) is 0 Å². The number of likely N-dealkylation sites (tertiary alicyclic amines) is 1. The smallest absolute Gasteiger partial charge is 0.0472 e. The van der Waals surface area contributed by atoms with Crippen molar-refractivity contribution in [2.24, 2.45) is 10.8 Å². The fraction of sp³-hybridized carbons (Fsp3) is 1.00. The molecular weight excluding hydrogens is 218 g/mol. The number of nitrogens with zero attached hydrogens (tertiary/aromatic N) is 1. The van der Waals surface area contributed by atoms with E-state index in [0.29, 0.717) is 10.8 Å². The first-order valence-electron chi connectivity index (χ1n) is 6.46. The van der Waals surface area contributed by atoms with E-state index in [1.54, 1.807) is 0 Å². The molecule has 3 heteroatoms. The molecule has 0 saturated carbocycles. The van der Waals surface area contributed by atoms with Gasteiger partial charge < -0.3 is 9.64 Å². The average molecular weight is 243 g/mol. The second-order valence-electron chi connectivity index (χ2n) is 6.40. The molecule has 2 aliphatic rings. The third-order valence-electron chi connectivity index (χ3n) is 4.20. The number of hydrogen-bond donors (Lipinski definition) is 1. The highest BCUT2D eigenvalue weighted by molar-refractivity contribution is 7.80. The molecule has 0 amide bonds. The summed E-state index contributed by atoms with van der Waals surface area (Å²) >= 11 is 4.58. The zero-order valence-corrected chi connectivity index (χ0v) is 11.6. The third-order valence-corrected chi connectivity index (χ3v) is 4.88. The lowest BCUT2D eigenvalue weighted by Gasteiger charge is -2.39. The van der Waals surface area contributed by atoms with Crippen LogP contribution in [0.1, 0.15) is 33.1 Å². The van der Waals surface area contributed by atoms with Crippen LogP contribution in [0.25, 0.3) is 0 Å². The van der Waals surface area contributed by atoms with Crippen molar-refractivity contribution in [1.82, 2.24) is 4.90 Å². The first-order valence-corrected chi connectivity index (χ1v) is 7.10. The molecule has 94 valence electrons. The first-order chi connectivity index (χ1) is 7.55.